The van der Waals surface area contributed by atoms with E-state index in [1.807, 2.05) is 12.1 Å². The highest BCUT2D eigenvalue weighted by Crippen LogP contribution is 2.09. The lowest BCUT2D eigenvalue weighted by Crippen LogP contribution is -2.52. The number of carbonyl (C=O) groups is 2. The zero-order valence-electron chi connectivity index (χ0n) is 12.1. The third-order valence-corrected chi connectivity index (χ3v) is 3.92. The Bertz CT molecular complexity index is 496. The second-order valence-electron chi connectivity index (χ2n) is 5.04. The van der Waals surface area contributed by atoms with Crippen LogP contribution in [0.25, 0.3) is 0 Å². The van der Waals surface area contributed by atoms with Crippen LogP contribution in [0.3, 0.4) is 0 Å². The maximum Gasteiger partial charge on any atom is 0.311 e. The lowest BCUT2D eigenvalue weighted by molar-refractivity contribution is -0.147. The van der Waals surface area contributed by atoms with Crippen molar-refractivity contribution >= 4 is 23.4 Å². The van der Waals surface area contributed by atoms with Gasteiger partial charge in [0.1, 0.15) is 0 Å². The minimum Gasteiger partial charge on any atom is -0.344 e. The Morgan fingerprint density at radius 2 is 1.76 bits per heavy atom. The maximum atomic E-state index is 12.0. The lowest BCUT2D eigenvalue weighted by Gasteiger charge is -2.33. The van der Waals surface area contributed by atoms with E-state index in [0.29, 0.717) is 24.7 Å². The van der Waals surface area contributed by atoms with E-state index >= 15 is 0 Å². The Morgan fingerprint density at radius 1 is 1.14 bits per heavy atom. The van der Waals surface area contributed by atoms with Crippen LogP contribution in [-0.4, -0.2) is 54.3 Å². The first kappa shape index (κ1) is 15.8. The van der Waals surface area contributed by atoms with Crippen molar-refractivity contribution in [1.82, 2.24) is 15.1 Å². The monoisotopic (exact) mass is 309 g/mol. The van der Waals surface area contributed by atoms with Crippen LogP contribution in [0, 0.1) is 0 Å². The largest absolute Gasteiger partial charge is 0.344 e. The molecule has 0 aliphatic carbocycles. The Morgan fingerprint density at radius 3 is 2.33 bits per heavy atom. The summed E-state index contributed by atoms with van der Waals surface area (Å²) in [6.07, 6.45) is 0. The van der Waals surface area contributed by atoms with Gasteiger partial charge in [-0.1, -0.05) is 30.7 Å². The molecule has 114 valence electrons. The van der Waals surface area contributed by atoms with E-state index in [2.05, 4.69) is 17.1 Å². The molecule has 0 saturated carbocycles. The van der Waals surface area contributed by atoms with Gasteiger partial charge in [-0.3, -0.25) is 9.59 Å². The highest BCUT2D eigenvalue weighted by molar-refractivity contribution is 6.35. The van der Waals surface area contributed by atoms with Crippen LogP contribution in [0.1, 0.15) is 12.5 Å². The van der Waals surface area contributed by atoms with Gasteiger partial charge in [0.2, 0.25) is 0 Å². The molecule has 0 aromatic heterocycles. The topological polar surface area (TPSA) is 52.7 Å². The molecule has 0 atom stereocenters. The number of piperazine rings is 1. The van der Waals surface area contributed by atoms with E-state index in [-0.39, 0.29) is 0 Å². The van der Waals surface area contributed by atoms with Gasteiger partial charge in [-0.05, 0) is 24.2 Å². The van der Waals surface area contributed by atoms with Gasteiger partial charge < -0.3 is 15.1 Å². The van der Waals surface area contributed by atoms with Crippen LogP contribution >= 0.6 is 11.6 Å². The molecule has 1 aliphatic rings. The molecule has 0 bridgehead atoms. The Kier molecular flexibility index (Phi) is 5.59. The second-order valence-corrected chi connectivity index (χ2v) is 5.47. The summed E-state index contributed by atoms with van der Waals surface area (Å²) in [5.74, 6) is -0.991. The zero-order valence-corrected chi connectivity index (χ0v) is 12.9. The Labute approximate surface area is 129 Å². The molecule has 1 N–H and O–H groups in total. The number of halogens is 1. The molecule has 2 rings (SSSR count). The van der Waals surface area contributed by atoms with Gasteiger partial charge in [0.15, 0.2) is 0 Å². The minimum absolute atomic E-state index is 0.330. The van der Waals surface area contributed by atoms with E-state index in [0.717, 1.165) is 25.2 Å². The van der Waals surface area contributed by atoms with Gasteiger partial charge in [-0.25, -0.2) is 0 Å². The summed E-state index contributed by atoms with van der Waals surface area (Å²) in [5, 5.41) is 3.30. The zero-order chi connectivity index (χ0) is 15.2. The average Bonchev–Trinajstić information content (AvgIpc) is 2.53. The van der Waals surface area contributed by atoms with Gasteiger partial charge in [0.05, 0.1) is 0 Å². The SMILES string of the molecule is CCN1CCN(C(=O)C(=O)NCc2ccc(Cl)cc2)CC1. The second kappa shape index (κ2) is 7.43. The average molecular weight is 310 g/mol. The fourth-order valence-electron chi connectivity index (χ4n) is 2.27. The fraction of sp³-hybridized carbons (Fsp3) is 0.467. The number of amides is 2. The number of hydrogen-bond donors (Lipinski definition) is 1. The summed E-state index contributed by atoms with van der Waals surface area (Å²) in [5.41, 5.74) is 0.913. The molecule has 1 aromatic rings. The molecule has 0 radical (unpaired) electrons. The van der Waals surface area contributed by atoms with Gasteiger partial charge >= 0.3 is 11.8 Å². The molecular formula is C15H20ClN3O2. The number of rotatable bonds is 3. The fourth-order valence-corrected chi connectivity index (χ4v) is 2.40. The van der Waals surface area contributed by atoms with Crippen molar-refractivity contribution in [3.63, 3.8) is 0 Å². The van der Waals surface area contributed by atoms with E-state index in [9.17, 15) is 9.59 Å². The predicted molar refractivity (Wildman–Crippen MR) is 82.0 cm³/mol. The first-order valence-corrected chi connectivity index (χ1v) is 7.52. The van der Waals surface area contributed by atoms with Crippen molar-refractivity contribution in [3.8, 4) is 0 Å². The van der Waals surface area contributed by atoms with Gasteiger partial charge in [-0.15, -0.1) is 0 Å². The summed E-state index contributed by atoms with van der Waals surface area (Å²) in [6, 6.07) is 7.17. The predicted octanol–water partition coefficient (Wildman–Crippen LogP) is 1.12. The number of benzene rings is 1. The number of nitrogens with one attached hydrogen (secondary N) is 1. The summed E-state index contributed by atoms with van der Waals surface area (Å²) < 4.78 is 0. The van der Waals surface area contributed by atoms with Crippen molar-refractivity contribution in [2.75, 3.05) is 32.7 Å². The summed E-state index contributed by atoms with van der Waals surface area (Å²) >= 11 is 5.80. The summed E-state index contributed by atoms with van der Waals surface area (Å²) in [6.45, 7) is 6.28. The van der Waals surface area contributed by atoms with Crippen LogP contribution in [0.4, 0.5) is 0 Å². The molecule has 5 nitrogen and oxygen atoms in total. The highest BCUT2D eigenvalue weighted by Gasteiger charge is 2.25. The van der Waals surface area contributed by atoms with Crippen molar-refractivity contribution in [1.29, 1.82) is 0 Å². The van der Waals surface area contributed by atoms with Crippen molar-refractivity contribution in [2.24, 2.45) is 0 Å². The lowest BCUT2D eigenvalue weighted by atomic mass is 10.2. The Hall–Kier alpha value is -1.59. The minimum atomic E-state index is -0.546. The first-order valence-electron chi connectivity index (χ1n) is 7.14. The van der Waals surface area contributed by atoms with Gasteiger partial charge in [0.25, 0.3) is 0 Å². The number of likely N-dealkylation sites (N-methyl/N-ethyl adjacent to an activating group) is 1. The number of nitrogens with zero attached hydrogens (tertiary/aromatic N) is 2. The molecule has 1 aromatic carbocycles. The van der Waals surface area contributed by atoms with Crippen LogP contribution in [0.2, 0.25) is 5.02 Å². The standard InChI is InChI=1S/C15H20ClN3O2/c1-2-18-7-9-19(10-8-18)15(21)14(20)17-11-12-3-5-13(16)6-4-12/h3-6H,2,7-11H2,1H3,(H,17,20). The molecule has 6 heteroatoms. The van der Waals surface area contributed by atoms with Crippen LogP contribution < -0.4 is 5.32 Å². The van der Waals surface area contributed by atoms with E-state index < -0.39 is 11.8 Å². The van der Waals surface area contributed by atoms with Crippen molar-refractivity contribution in [2.45, 2.75) is 13.5 Å². The smallest absolute Gasteiger partial charge is 0.311 e. The van der Waals surface area contributed by atoms with Crippen LogP contribution in [-0.2, 0) is 16.1 Å². The van der Waals surface area contributed by atoms with E-state index in [1.54, 1.807) is 17.0 Å². The van der Waals surface area contributed by atoms with Gasteiger partial charge in [-0.2, -0.15) is 0 Å². The van der Waals surface area contributed by atoms with Crippen molar-refractivity contribution < 1.29 is 9.59 Å². The molecule has 1 fully saturated rings. The summed E-state index contributed by atoms with van der Waals surface area (Å²) in [7, 11) is 0. The molecular weight excluding hydrogens is 290 g/mol. The molecule has 0 unspecified atom stereocenters. The van der Waals surface area contributed by atoms with Crippen LogP contribution in [0.15, 0.2) is 24.3 Å². The van der Waals surface area contributed by atoms with Crippen molar-refractivity contribution in [3.05, 3.63) is 34.9 Å². The van der Waals surface area contributed by atoms with E-state index in [4.69, 9.17) is 11.6 Å². The molecule has 21 heavy (non-hydrogen) atoms. The highest BCUT2D eigenvalue weighted by atomic mass is 35.5. The van der Waals surface area contributed by atoms with E-state index in [1.165, 1.54) is 0 Å². The molecule has 0 spiro atoms. The quantitative estimate of drug-likeness (QED) is 0.851. The third-order valence-electron chi connectivity index (χ3n) is 3.67. The molecule has 1 aliphatic heterocycles. The summed E-state index contributed by atoms with van der Waals surface area (Å²) in [4.78, 5) is 27.8. The normalized spacial score (nSPS) is 15.8. The van der Waals surface area contributed by atoms with Gasteiger partial charge in [0, 0.05) is 37.7 Å². The third kappa shape index (κ3) is 4.44. The molecule has 1 heterocycles. The molecule has 2 amide bonds. The Balaban J connectivity index is 1.80. The molecule has 1 saturated heterocycles. The number of carbonyl (C=O) groups excluding carboxylic acids is 2. The maximum absolute atomic E-state index is 12.0. The first-order chi connectivity index (χ1) is 10.1. The van der Waals surface area contributed by atoms with Crippen LogP contribution in [0.5, 0.6) is 0 Å². The number of hydrogen-bond acceptors (Lipinski definition) is 3.